The summed E-state index contributed by atoms with van der Waals surface area (Å²) in [5.41, 5.74) is 18.2. The summed E-state index contributed by atoms with van der Waals surface area (Å²) >= 11 is 1.88. The first-order valence-corrected chi connectivity index (χ1v) is 24.1. The van der Waals surface area contributed by atoms with Crippen LogP contribution in [-0.2, 0) is 5.41 Å². The Bertz CT molecular complexity index is 3880. The average molecular weight is 872 g/mol. The quantitative estimate of drug-likeness (QED) is 0.144. The third kappa shape index (κ3) is 6.43. The third-order valence-electron chi connectivity index (χ3n) is 14.3. The van der Waals surface area contributed by atoms with Gasteiger partial charge in [-0.1, -0.05) is 202 Å². The van der Waals surface area contributed by atoms with E-state index in [9.17, 15) is 0 Å². The van der Waals surface area contributed by atoms with Crippen LogP contribution in [0.25, 0.3) is 97.4 Å². The molecule has 1 heterocycles. The standard InChI is InChI=1S/C65H45NS/c1-65(2)60-40-47(59-39-46-17-6-7-18-50(46)53-20-8-9-21-54(53)59)33-37-55(60)56-38-36-49(41-61(56)65)66(62-25-12-10-19-51(62)44-29-27-43(28-30-44)42-15-4-3-5-16-42)48-34-31-45(32-35-48)52-23-14-24-58-57-22-11-13-26-63(57)67-64(52)58/h3-41H,1-2H3. The molecule has 0 bridgehead atoms. The third-order valence-corrected chi connectivity index (χ3v) is 15.5. The molecule has 1 nitrogen and oxygen atoms in total. The molecular weight excluding hydrogens is 827 g/mol. The van der Waals surface area contributed by atoms with Crippen molar-refractivity contribution in [2.45, 2.75) is 19.3 Å². The highest BCUT2D eigenvalue weighted by atomic mass is 32.1. The van der Waals surface area contributed by atoms with E-state index in [4.69, 9.17) is 0 Å². The van der Waals surface area contributed by atoms with E-state index in [0.717, 1.165) is 17.1 Å². The van der Waals surface area contributed by atoms with E-state index in [1.54, 1.807) is 0 Å². The van der Waals surface area contributed by atoms with Crippen LogP contribution in [-0.4, -0.2) is 0 Å². The zero-order valence-corrected chi connectivity index (χ0v) is 38.2. The maximum Gasteiger partial charge on any atom is 0.0540 e. The molecule has 316 valence electrons. The molecule has 0 radical (unpaired) electrons. The Morgan fingerprint density at radius 3 is 1.70 bits per heavy atom. The van der Waals surface area contributed by atoms with Crippen LogP contribution in [0.1, 0.15) is 25.0 Å². The smallest absolute Gasteiger partial charge is 0.0540 e. The maximum absolute atomic E-state index is 2.47. The van der Waals surface area contributed by atoms with Crippen molar-refractivity contribution in [3.63, 3.8) is 0 Å². The van der Waals surface area contributed by atoms with E-state index in [0.29, 0.717) is 0 Å². The molecule has 11 aromatic carbocycles. The van der Waals surface area contributed by atoms with Gasteiger partial charge in [-0.2, -0.15) is 0 Å². The van der Waals surface area contributed by atoms with Crippen molar-refractivity contribution in [3.05, 3.63) is 248 Å². The minimum Gasteiger partial charge on any atom is -0.310 e. The van der Waals surface area contributed by atoms with Gasteiger partial charge in [0.2, 0.25) is 0 Å². The summed E-state index contributed by atoms with van der Waals surface area (Å²) in [5.74, 6) is 0. The zero-order valence-electron chi connectivity index (χ0n) is 37.4. The monoisotopic (exact) mass is 871 g/mol. The van der Waals surface area contributed by atoms with E-state index in [2.05, 4.69) is 255 Å². The van der Waals surface area contributed by atoms with Gasteiger partial charge in [0, 0.05) is 42.5 Å². The molecule has 13 rings (SSSR count). The molecule has 0 saturated heterocycles. The topological polar surface area (TPSA) is 3.24 Å². The maximum atomic E-state index is 2.47. The first-order chi connectivity index (χ1) is 33.0. The van der Waals surface area contributed by atoms with Crippen molar-refractivity contribution >= 4 is 70.1 Å². The minimum atomic E-state index is -0.241. The molecule has 0 saturated carbocycles. The molecule has 0 aliphatic heterocycles. The highest BCUT2D eigenvalue weighted by Gasteiger charge is 2.36. The first kappa shape index (κ1) is 39.3. The van der Waals surface area contributed by atoms with Crippen LogP contribution in [0.3, 0.4) is 0 Å². The van der Waals surface area contributed by atoms with Gasteiger partial charge >= 0.3 is 0 Å². The lowest BCUT2D eigenvalue weighted by molar-refractivity contribution is 0.660. The number of para-hydroxylation sites is 1. The van der Waals surface area contributed by atoms with Crippen LogP contribution < -0.4 is 4.90 Å². The van der Waals surface area contributed by atoms with Gasteiger partial charge in [0.25, 0.3) is 0 Å². The van der Waals surface area contributed by atoms with Crippen molar-refractivity contribution in [3.8, 4) is 55.6 Å². The molecule has 0 atom stereocenters. The molecule has 67 heavy (non-hydrogen) atoms. The van der Waals surface area contributed by atoms with Crippen molar-refractivity contribution in [1.29, 1.82) is 0 Å². The van der Waals surface area contributed by atoms with Crippen LogP contribution in [0.5, 0.6) is 0 Å². The highest BCUT2D eigenvalue weighted by molar-refractivity contribution is 7.26. The molecule has 0 unspecified atom stereocenters. The van der Waals surface area contributed by atoms with Gasteiger partial charge in [-0.25, -0.2) is 0 Å². The van der Waals surface area contributed by atoms with Gasteiger partial charge in [-0.15, -0.1) is 11.3 Å². The number of anilines is 3. The lowest BCUT2D eigenvalue weighted by Gasteiger charge is -2.30. The number of rotatable bonds is 7. The average Bonchev–Trinajstić information content (AvgIpc) is 3.88. The van der Waals surface area contributed by atoms with Crippen molar-refractivity contribution in [1.82, 2.24) is 0 Å². The van der Waals surface area contributed by atoms with Crippen molar-refractivity contribution < 1.29 is 0 Å². The largest absolute Gasteiger partial charge is 0.310 e. The van der Waals surface area contributed by atoms with Gasteiger partial charge in [0.1, 0.15) is 0 Å². The van der Waals surface area contributed by atoms with Crippen molar-refractivity contribution in [2.24, 2.45) is 0 Å². The van der Waals surface area contributed by atoms with E-state index >= 15 is 0 Å². The zero-order chi connectivity index (χ0) is 44.6. The van der Waals surface area contributed by atoms with Gasteiger partial charge in [-0.3, -0.25) is 0 Å². The Hall–Kier alpha value is -8.04. The fourth-order valence-electron chi connectivity index (χ4n) is 10.9. The highest BCUT2D eigenvalue weighted by Crippen LogP contribution is 2.53. The minimum absolute atomic E-state index is 0.241. The second-order valence-electron chi connectivity index (χ2n) is 18.4. The predicted octanol–water partition coefficient (Wildman–Crippen LogP) is 18.8. The number of fused-ring (bicyclic) bond motifs is 9. The second-order valence-corrected chi connectivity index (χ2v) is 19.5. The summed E-state index contributed by atoms with van der Waals surface area (Å²) in [6.07, 6.45) is 0. The summed E-state index contributed by atoms with van der Waals surface area (Å²) in [6.45, 7) is 4.80. The number of nitrogens with zero attached hydrogens (tertiary/aromatic N) is 1. The van der Waals surface area contributed by atoms with E-state index in [1.165, 1.54) is 108 Å². The molecule has 1 aliphatic carbocycles. The van der Waals surface area contributed by atoms with E-state index in [-0.39, 0.29) is 5.41 Å². The van der Waals surface area contributed by atoms with Crippen LogP contribution in [0.2, 0.25) is 0 Å². The van der Waals surface area contributed by atoms with Gasteiger partial charge < -0.3 is 4.90 Å². The molecular formula is C65H45NS. The molecule has 0 spiro atoms. The second kappa shape index (κ2) is 15.6. The summed E-state index contributed by atoms with van der Waals surface area (Å²) in [7, 11) is 0. The Morgan fingerprint density at radius 2 is 0.881 bits per heavy atom. The lowest BCUT2D eigenvalue weighted by Crippen LogP contribution is -2.17. The summed E-state index contributed by atoms with van der Waals surface area (Å²) in [6, 6.07) is 87.6. The van der Waals surface area contributed by atoms with Crippen molar-refractivity contribution in [2.75, 3.05) is 4.90 Å². The Morgan fingerprint density at radius 1 is 0.328 bits per heavy atom. The first-order valence-electron chi connectivity index (χ1n) is 23.2. The number of hydrogen-bond acceptors (Lipinski definition) is 2. The molecule has 0 amide bonds. The van der Waals surface area contributed by atoms with Gasteiger partial charge in [0.05, 0.1) is 5.69 Å². The fourth-order valence-corrected chi connectivity index (χ4v) is 12.1. The van der Waals surface area contributed by atoms with E-state index in [1.807, 2.05) is 11.3 Å². The molecule has 1 aromatic heterocycles. The SMILES string of the molecule is CC1(C)c2cc(-c3cc4ccccc4c4ccccc34)ccc2-c2ccc(N(c3ccc(-c4cccc5c4sc4ccccc45)cc3)c3ccccc3-c3ccc(-c4ccccc4)cc3)cc21. The molecule has 0 fully saturated rings. The normalized spacial score (nSPS) is 12.7. The van der Waals surface area contributed by atoms with Crippen LogP contribution in [0, 0.1) is 0 Å². The molecule has 2 heteroatoms. The Labute approximate surface area is 395 Å². The summed E-state index contributed by atoms with van der Waals surface area (Å²) in [5, 5.41) is 7.77. The van der Waals surface area contributed by atoms with E-state index < -0.39 is 0 Å². The fraction of sp³-hybridized carbons (Fsp3) is 0.0462. The molecule has 12 aromatic rings. The molecule has 1 aliphatic rings. The van der Waals surface area contributed by atoms with Crippen LogP contribution in [0.4, 0.5) is 17.1 Å². The van der Waals surface area contributed by atoms with Crippen LogP contribution in [0.15, 0.2) is 237 Å². The molecule has 0 N–H and O–H groups in total. The summed E-state index contributed by atoms with van der Waals surface area (Å²) in [4.78, 5) is 2.47. The summed E-state index contributed by atoms with van der Waals surface area (Å²) < 4.78 is 2.65. The Kier molecular flexibility index (Phi) is 9.13. The van der Waals surface area contributed by atoms with Gasteiger partial charge in [-0.05, 0) is 131 Å². The van der Waals surface area contributed by atoms with Crippen LogP contribution >= 0.6 is 11.3 Å². The number of hydrogen-bond donors (Lipinski definition) is 0. The number of benzene rings is 11. The number of thiophene rings is 1. The Balaban J connectivity index is 0.939. The predicted molar refractivity (Wildman–Crippen MR) is 288 cm³/mol. The lowest BCUT2D eigenvalue weighted by atomic mass is 9.81. The van der Waals surface area contributed by atoms with Gasteiger partial charge in [0.15, 0.2) is 0 Å².